The van der Waals surface area contributed by atoms with Crippen molar-refractivity contribution < 1.29 is 9.53 Å². The van der Waals surface area contributed by atoms with Crippen molar-refractivity contribution in [2.45, 2.75) is 57.7 Å². The van der Waals surface area contributed by atoms with Crippen molar-refractivity contribution in [3.05, 3.63) is 34.9 Å². The van der Waals surface area contributed by atoms with Gasteiger partial charge >= 0.3 is 5.97 Å². The zero-order valence-electron chi connectivity index (χ0n) is 13.7. The van der Waals surface area contributed by atoms with Crippen LogP contribution in [0.4, 0.5) is 0 Å². The van der Waals surface area contributed by atoms with Crippen molar-refractivity contribution in [1.29, 1.82) is 0 Å². The van der Waals surface area contributed by atoms with E-state index in [9.17, 15) is 4.79 Å². The van der Waals surface area contributed by atoms with E-state index in [-0.39, 0.29) is 11.4 Å². The summed E-state index contributed by atoms with van der Waals surface area (Å²) in [7, 11) is 0. The van der Waals surface area contributed by atoms with Crippen LogP contribution < -0.4 is 0 Å². The van der Waals surface area contributed by atoms with E-state index >= 15 is 0 Å². The maximum absolute atomic E-state index is 11.8. The van der Waals surface area contributed by atoms with E-state index < -0.39 is 0 Å². The fourth-order valence-corrected chi connectivity index (χ4v) is 3.50. The summed E-state index contributed by atoms with van der Waals surface area (Å²) in [5, 5.41) is 0.813. The lowest BCUT2D eigenvalue weighted by Gasteiger charge is -2.22. The summed E-state index contributed by atoms with van der Waals surface area (Å²) < 4.78 is 5.11. The van der Waals surface area contributed by atoms with Gasteiger partial charge < -0.3 is 4.74 Å². The molecule has 1 atom stereocenters. The average Bonchev–Trinajstić information content (AvgIpc) is 2.47. The van der Waals surface area contributed by atoms with Gasteiger partial charge in [0.15, 0.2) is 0 Å². The highest BCUT2D eigenvalue weighted by Gasteiger charge is 2.28. The van der Waals surface area contributed by atoms with Crippen LogP contribution in [0.25, 0.3) is 0 Å². The minimum absolute atomic E-state index is 0.0931. The molecule has 0 aliphatic heterocycles. The molecule has 22 heavy (non-hydrogen) atoms. The van der Waals surface area contributed by atoms with Crippen LogP contribution in [0.5, 0.6) is 0 Å². The quantitative estimate of drug-likeness (QED) is 0.281. The number of alkyl halides is 1. The van der Waals surface area contributed by atoms with Gasteiger partial charge in [-0.1, -0.05) is 65.0 Å². The van der Waals surface area contributed by atoms with Crippen LogP contribution in [0.3, 0.4) is 0 Å². The summed E-state index contributed by atoms with van der Waals surface area (Å²) in [6, 6.07) is 7.94. The molecule has 0 amide bonds. The van der Waals surface area contributed by atoms with Gasteiger partial charge in [0, 0.05) is 9.85 Å². The Morgan fingerprint density at radius 3 is 2.59 bits per heavy atom. The van der Waals surface area contributed by atoms with Gasteiger partial charge in [-0.2, -0.15) is 0 Å². The van der Waals surface area contributed by atoms with Crippen molar-refractivity contribution in [2.75, 3.05) is 6.61 Å². The molecule has 1 rings (SSSR count). The molecule has 0 saturated heterocycles. The molecule has 0 N–H and O–H groups in total. The van der Waals surface area contributed by atoms with Crippen LogP contribution >= 0.6 is 27.5 Å². The highest BCUT2D eigenvalue weighted by atomic mass is 79.9. The minimum atomic E-state index is -0.382. The molecule has 0 bridgehead atoms. The van der Waals surface area contributed by atoms with E-state index in [1.165, 1.54) is 0 Å². The van der Waals surface area contributed by atoms with Crippen molar-refractivity contribution in [3.8, 4) is 0 Å². The zero-order chi connectivity index (χ0) is 16.6. The molecular formula is C18H26BrClO2. The molecule has 0 heterocycles. The molecule has 1 aromatic carbocycles. The topological polar surface area (TPSA) is 26.3 Å². The third-order valence-electron chi connectivity index (χ3n) is 3.83. The van der Waals surface area contributed by atoms with E-state index in [2.05, 4.69) is 22.0 Å². The first-order valence-corrected chi connectivity index (χ1v) is 9.23. The van der Waals surface area contributed by atoms with Crippen LogP contribution in [0.2, 0.25) is 5.02 Å². The van der Waals surface area contributed by atoms with Crippen molar-refractivity contribution >= 4 is 33.5 Å². The molecule has 124 valence electrons. The first kappa shape index (κ1) is 19.5. The third-order valence-corrected chi connectivity index (χ3v) is 5.13. The van der Waals surface area contributed by atoms with E-state index in [1.54, 1.807) is 0 Å². The molecule has 0 aliphatic carbocycles. The Morgan fingerprint density at radius 1 is 1.27 bits per heavy atom. The fraction of sp³-hybridized carbons (Fsp3) is 0.611. The SMILES string of the molecule is CCOC(=O)C(C)(C)CCCCC[C@H](Br)c1ccccc1Cl. The molecule has 0 unspecified atom stereocenters. The first-order chi connectivity index (χ1) is 10.4. The summed E-state index contributed by atoms with van der Waals surface area (Å²) in [5.41, 5.74) is 0.767. The molecule has 1 aromatic rings. The number of benzene rings is 1. The molecule has 0 saturated carbocycles. The lowest BCUT2D eigenvalue weighted by Crippen LogP contribution is -2.26. The van der Waals surface area contributed by atoms with Crippen LogP contribution in [0, 0.1) is 5.41 Å². The first-order valence-electron chi connectivity index (χ1n) is 7.94. The van der Waals surface area contributed by atoms with Gasteiger partial charge in [0.05, 0.1) is 12.0 Å². The van der Waals surface area contributed by atoms with Crippen LogP contribution in [-0.2, 0) is 9.53 Å². The smallest absolute Gasteiger partial charge is 0.311 e. The predicted molar refractivity (Wildman–Crippen MR) is 96.6 cm³/mol. The third kappa shape index (κ3) is 6.29. The standard InChI is InChI=1S/C18H26BrClO2/c1-4-22-17(21)18(2,3)13-9-5-6-11-15(19)14-10-7-8-12-16(14)20/h7-8,10,12,15H,4-6,9,11,13H2,1-3H3/t15-/m0/s1. The summed E-state index contributed by atoms with van der Waals surface area (Å²) in [5.74, 6) is -0.0931. The number of rotatable bonds is 9. The number of carbonyl (C=O) groups excluding carboxylic acids is 1. The van der Waals surface area contributed by atoms with Crippen LogP contribution in [0.15, 0.2) is 24.3 Å². The van der Waals surface area contributed by atoms with Gasteiger partial charge in [-0.25, -0.2) is 0 Å². The van der Waals surface area contributed by atoms with Gasteiger partial charge in [-0.05, 0) is 45.2 Å². The molecule has 0 spiro atoms. The van der Waals surface area contributed by atoms with Crippen LogP contribution in [-0.4, -0.2) is 12.6 Å². The monoisotopic (exact) mass is 388 g/mol. The fourth-order valence-electron chi connectivity index (χ4n) is 2.38. The number of ether oxygens (including phenoxy) is 1. The van der Waals surface area contributed by atoms with E-state index in [0.717, 1.165) is 42.7 Å². The Bertz CT molecular complexity index is 474. The molecule has 0 aromatic heterocycles. The second-order valence-electron chi connectivity index (χ2n) is 6.19. The lowest BCUT2D eigenvalue weighted by atomic mass is 9.87. The van der Waals surface area contributed by atoms with E-state index in [4.69, 9.17) is 16.3 Å². The Labute approximate surface area is 147 Å². The van der Waals surface area contributed by atoms with Crippen molar-refractivity contribution in [3.63, 3.8) is 0 Å². The zero-order valence-corrected chi connectivity index (χ0v) is 16.0. The summed E-state index contributed by atoms with van der Waals surface area (Å²) in [4.78, 5) is 12.1. The Morgan fingerprint density at radius 2 is 1.95 bits per heavy atom. The van der Waals surface area contributed by atoms with Gasteiger partial charge in [0.25, 0.3) is 0 Å². The maximum atomic E-state index is 11.8. The Balaban J connectivity index is 2.28. The number of halogens is 2. The summed E-state index contributed by atoms with van der Waals surface area (Å²) >= 11 is 9.92. The van der Waals surface area contributed by atoms with Crippen molar-refractivity contribution in [2.24, 2.45) is 5.41 Å². The number of hydrogen-bond donors (Lipinski definition) is 0. The Kier molecular flexibility index (Phi) is 8.48. The molecule has 2 nitrogen and oxygen atoms in total. The van der Waals surface area contributed by atoms with Gasteiger partial charge in [-0.15, -0.1) is 0 Å². The van der Waals surface area contributed by atoms with Gasteiger partial charge in [0.2, 0.25) is 0 Å². The second kappa shape index (κ2) is 9.57. The number of hydrogen-bond acceptors (Lipinski definition) is 2. The highest BCUT2D eigenvalue weighted by molar-refractivity contribution is 9.09. The Hall–Kier alpha value is -0.540. The lowest BCUT2D eigenvalue weighted by molar-refractivity contribution is -0.153. The number of carbonyl (C=O) groups is 1. The molecule has 4 heteroatoms. The van der Waals surface area contributed by atoms with Crippen LogP contribution in [0.1, 0.15) is 63.3 Å². The van der Waals surface area contributed by atoms with Crippen molar-refractivity contribution in [1.82, 2.24) is 0 Å². The highest BCUT2D eigenvalue weighted by Crippen LogP contribution is 2.34. The molecule has 0 aliphatic rings. The predicted octanol–water partition coefficient (Wildman–Crippen LogP) is 6.32. The van der Waals surface area contributed by atoms with Gasteiger partial charge in [0.1, 0.15) is 0 Å². The average molecular weight is 390 g/mol. The number of unbranched alkanes of at least 4 members (excludes halogenated alkanes) is 2. The normalized spacial score (nSPS) is 13.0. The maximum Gasteiger partial charge on any atom is 0.311 e. The second-order valence-corrected chi connectivity index (χ2v) is 7.71. The largest absolute Gasteiger partial charge is 0.466 e. The van der Waals surface area contributed by atoms with E-state index in [0.29, 0.717) is 11.4 Å². The summed E-state index contributed by atoms with van der Waals surface area (Å²) in [6.45, 7) is 6.22. The summed E-state index contributed by atoms with van der Waals surface area (Å²) in [6.07, 6.45) is 5.16. The minimum Gasteiger partial charge on any atom is -0.466 e. The number of esters is 1. The van der Waals surface area contributed by atoms with E-state index in [1.807, 2.05) is 39.0 Å². The molecular weight excluding hydrogens is 364 g/mol. The molecule has 0 fully saturated rings. The molecule has 0 radical (unpaired) electrons. The van der Waals surface area contributed by atoms with Gasteiger partial charge in [-0.3, -0.25) is 4.79 Å².